The standard InChI is InChI=1S/C15H24N2O2/c1-11-7-13(10-17(11)2)16-9-12-5-6-14(18-3)15(8-12)19-4/h5-6,8,11,13,16H,7,9-10H2,1-4H3. The fourth-order valence-electron chi connectivity index (χ4n) is 2.59. The van der Waals surface area contributed by atoms with Gasteiger partial charge in [-0.3, -0.25) is 0 Å². The number of nitrogens with zero attached hydrogens (tertiary/aromatic N) is 1. The van der Waals surface area contributed by atoms with Crippen LogP contribution in [0.15, 0.2) is 18.2 Å². The number of ether oxygens (including phenoxy) is 2. The minimum absolute atomic E-state index is 0.577. The first-order chi connectivity index (χ1) is 9.13. The van der Waals surface area contributed by atoms with Crippen LogP contribution in [0.5, 0.6) is 11.5 Å². The molecule has 19 heavy (non-hydrogen) atoms. The van der Waals surface area contributed by atoms with Gasteiger partial charge in [-0.25, -0.2) is 0 Å². The van der Waals surface area contributed by atoms with Crippen molar-refractivity contribution in [3.63, 3.8) is 0 Å². The Bertz CT molecular complexity index is 413. The summed E-state index contributed by atoms with van der Waals surface area (Å²) >= 11 is 0. The van der Waals surface area contributed by atoms with E-state index in [4.69, 9.17) is 9.47 Å². The molecule has 0 bridgehead atoms. The summed E-state index contributed by atoms with van der Waals surface area (Å²) in [6.45, 7) is 4.26. The van der Waals surface area contributed by atoms with Crippen molar-refractivity contribution in [1.29, 1.82) is 0 Å². The number of methoxy groups -OCH3 is 2. The van der Waals surface area contributed by atoms with Crippen LogP contribution in [0.1, 0.15) is 18.9 Å². The maximum absolute atomic E-state index is 5.32. The van der Waals surface area contributed by atoms with Gasteiger partial charge in [0.15, 0.2) is 11.5 Å². The van der Waals surface area contributed by atoms with Crippen LogP contribution < -0.4 is 14.8 Å². The van der Waals surface area contributed by atoms with E-state index in [1.165, 1.54) is 12.0 Å². The van der Waals surface area contributed by atoms with Crippen molar-refractivity contribution in [2.24, 2.45) is 0 Å². The van der Waals surface area contributed by atoms with Crippen LogP contribution in [-0.2, 0) is 6.54 Å². The topological polar surface area (TPSA) is 33.7 Å². The van der Waals surface area contributed by atoms with Gasteiger partial charge in [-0.1, -0.05) is 6.07 Å². The van der Waals surface area contributed by atoms with Crippen LogP contribution >= 0.6 is 0 Å². The zero-order valence-electron chi connectivity index (χ0n) is 12.3. The highest BCUT2D eigenvalue weighted by atomic mass is 16.5. The molecule has 2 rings (SSSR count). The second-order valence-corrected chi connectivity index (χ2v) is 5.29. The lowest BCUT2D eigenvalue weighted by Gasteiger charge is -2.14. The smallest absolute Gasteiger partial charge is 0.161 e. The van der Waals surface area contributed by atoms with Crippen molar-refractivity contribution >= 4 is 0 Å². The molecule has 4 heteroatoms. The van der Waals surface area contributed by atoms with Gasteiger partial charge >= 0.3 is 0 Å². The molecule has 1 N–H and O–H groups in total. The first-order valence-electron chi connectivity index (χ1n) is 6.78. The number of rotatable bonds is 5. The predicted molar refractivity (Wildman–Crippen MR) is 76.9 cm³/mol. The van der Waals surface area contributed by atoms with Gasteiger partial charge in [0, 0.05) is 25.2 Å². The maximum Gasteiger partial charge on any atom is 0.161 e. The molecule has 106 valence electrons. The summed E-state index contributed by atoms with van der Waals surface area (Å²) in [5.74, 6) is 1.57. The van der Waals surface area contributed by atoms with E-state index in [0.29, 0.717) is 12.1 Å². The van der Waals surface area contributed by atoms with Gasteiger partial charge in [-0.05, 0) is 38.1 Å². The van der Waals surface area contributed by atoms with Gasteiger partial charge in [0.2, 0.25) is 0 Å². The molecule has 0 aliphatic carbocycles. The van der Waals surface area contributed by atoms with E-state index >= 15 is 0 Å². The molecule has 1 aromatic carbocycles. The highest BCUT2D eigenvalue weighted by Gasteiger charge is 2.25. The molecule has 0 aromatic heterocycles. The Balaban J connectivity index is 1.93. The van der Waals surface area contributed by atoms with Gasteiger partial charge in [0.05, 0.1) is 14.2 Å². The molecule has 0 spiro atoms. The van der Waals surface area contributed by atoms with Crippen molar-refractivity contribution in [1.82, 2.24) is 10.2 Å². The van der Waals surface area contributed by atoms with Crippen LogP contribution in [0.4, 0.5) is 0 Å². The zero-order valence-corrected chi connectivity index (χ0v) is 12.3. The van der Waals surface area contributed by atoms with Crippen molar-refractivity contribution in [3.8, 4) is 11.5 Å². The third-order valence-electron chi connectivity index (χ3n) is 3.93. The van der Waals surface area contributed by atoms with Gasteiger partial charge < -0.3 is 19.7 Å². The van der Waals surface area contributed by atoms with Gasteiger partial charge in [0.1, 0.15) is 0 Å². The largest absolute Gasteiger partial charge is 0.493 e. The molecule has 0 amide bonds. The predicted octanol–water partition coefficient (Wildman–Crippen LogP) is 1.89. The van der Waals surface area contributed by atoms with E-state index in [2.05, 4.69) is 30.3 Å². The van der Waals surface area contributed by atoms with Crippen LogP contribution in [0.25, 0.3) is 0 Å². The molecule has 0 radical (unpaired) electrons. The molecule has 2 atom stereocenters. The molecule has 1 aliphatic heterocycles. The van der Waals surface area contributed by atoms with E-state index in [0.717, 1.165) is 24.6 Å². The van der Waals surface area contributed by atoms with Crippen LogP contribution in [-0.4, -0.2) is 44.8 Å². The van der Waals surface area contributed by atoms with Crippen molar-refractivity contribution in [3.05, 3.63) is 23.8 Å². The Hall–Kier alpha value is -1.26. The summed E-state index contributed by atoms with van der Waals surface area (Å²) in [5, 5.41) is 3.61. The van der Waals surface area contributed by atoms with Crippen molar-refractivity contribution in [2.75, 3.05) is 27.8 Å². The van der Waals surface area contributed by atoms with E-state index in [9.17, 15) is 0 Å². The molecule has 2 unspecified atom stereocenters. The van der Waals surface area contributed by atoms with Crippen LogP contribution in [0, 0.1) is 0 Å². The fourth-order valence-corrected chi connectivity index (χ4v) is 2.59. The van der Waals surface area contributed by atoms with Crippen molar-refractivity contribution in [2.45, 2.75) is 32.0 Å². The summed E-state index contributed by atoms with van der Waals surface area (Å²) in [4.78, 5) is 2.40. The van der Waals surface area contributed by atoms with E-state index in [1.807, 2.05) is 12.1 Å². The second-order valence-electron chi connectivity index (χ2n) is 5.29. The lowest BCUT2D eigenvalue weighted by atomic mass is 10.1. The normalized spacial score (nSPS) is 23.6. The lowest BCUT2D eigenvalue weighted by Crippen LogP contribution is -2.31. The third kappa shape index (κ3) is 3.39. The highest BCUT2D eigenvalue weighted by molar-refractivity contribution is 5.42. The summed E-state index contributed by atoms with van der Waals surface area (Å²) in [7, 11) is 5.51. The number of benzene rings is 1. The lowest BCUT2D eigenvalue weighted by molar-refractivity contribution is 0.326. The van der Waals surface area contributed by atoms with Gasteiger partial charge in [-0.15, -0.1) is 0 Å². The number of likely N-dealkylation sites (tertiary alicyclic amines) is 1. The number of likely N-dealkylation sites (N-methyl/N-ethyl adjacent to an activating group) is 1. The van der Waals surface area contributed by atoms with Crippen LogP contribution in [0.2, 0.25) is 0 Å². The van der Waals surface area contributed by atoms with E-state index < -0.39 is 0 Å². The first-order valence-corrected chi connectivity index (χ1v) is 6.78. The third-order valence-corrected chi connectivity index (χ3v) is 3.93. The fraction of sp³-hybridized carbons (Fsp3) is 0.600. The monoisotopic (exact) mass is 264 g/mol. The number of nitrogens with one attached hydrogen (secondary N) is 1. The van der Waals surface area contributed by atoms with E-state index in [-0.39, 0.29) is 0 Å². The number of hydrogen-bond donors (Lipinski definition) is 1. The Morgan fingerprint density at radius 2 is 2.00 bits per heavy atom. The second kappa shape index (κ2) is 6.26. The Kier molecular flexibility index (Phi) is 4.66. The summed E-state index contributed by atoms with van der Waals surface area (Å²) < 4.78 is 10.6. The number of hydrogen-bond acceptors (Lipinski definition) is 4. The molecule has 1 fully saturated rings. The van der Waals surface area contributed by atoms with Crippen molar-refractivity contribution < 1.29 is 9.47 Å². The molecule has 4 nitrogen and oxygen atoms in total. The molecular formula is C15H24N2O2. The molecule has 1 aliphatic rings. The van der Waals surface area contributed by atoms with Gasteiger partial charge in [0.25, 0.3) is 0 Å². The Labute approximate surface area is 115 Å². The molecule has 1 aromatic rings. The first kappa shape index (κ1) is 14.2. The molecule has 1 saturated heterocycles. The minimum Gasteiger partial charge on any atom is -0.493 e. The Morgan fingerprint density at radius 3 is 2.58 bits per heavy atom. The minimum atomic E-state index is 0.577. The van der Waals surface area contributed by atoms with Gasteiger partial charge in [-0.2, -0.15) is 0 Å². The summed E-state index contributed by atoms with van der Waals surface area (Å²) in [5.41, 5.74) is 1.22. The van der Waals surface area contributed by atoms with E-state index in [1.54, 1.807) is 14.2 Å². The zero-order chi connectivity index (χ0) is 13.8. The molecule has 0 saturated carbocycles. The molecular weight excluding hydrogens is 240 g/mol. The average molecular weight is 264 g/mol. The summed E-state index contributed by atoms with van der Waals surface area (Å²) in [6, 6.07) is 7.32. The van der Waals surface area contributed by atoms with Crippen LogP contribution in [0.3, 0.4) is 0 Å². The SMILES string of the molecule is COc1ccc(CNC2CC(C)N(C)C2)cc1OC. The maximum atomic E-state index is 5.32. The highest BCUT2D eigenvalue weighted by Crippen LogP contribution is 2.27. The summed E-state index contributed by atoms with van der Waals surface area (Å²) in [6.07, 6.45) is 1.21. The average Bonchev–Trinajstić information content (AvgIpc) is 2.75. The molecule has 1 heterocycles. The quantitative estimate of drug-likeness (QED) is 0.880. The Morgan fingerprint density at radius 1 is 1.26 bits per heavy atom.